The lowest BCUT2D eigenvalue weighted by atomic mass is 9.95. The van der Waals surface area contributed by atoms with Crippen molar-refractivity contribution in [3.8, 4) is 0 Å². The molecule has 1 aromatic carbocycles. The lowest BCUT2D eigenvalue weighted by Crippen LogP contribution is -2.15. The van der Waals surface area contributed by atoms with Gasteiger partial charge in [-0.25, -0.2) is 4.39 Å². The number of hydrogen-bond donors (Lipinski definition) is 1. The second kappa shape index (κ2) is 6.66. The molecule has 0 amide bonds. The number of aromatic nitrogens is 2. The summed E-state index contributed by atoms with van der Waals surface area (Å²) in [6.07, 6.45) is 2.43. The van der Waals surface area contributed by atoms with Crippen LogP contribution in [-0.2, 0) is 26.3 Å². The molecule has 0 saturated heterocycles. The number of halogens is 1. The summed E-state index contributed by atoms with van der Waals surface area (Å²) in [6.45, 7) is 2.19. The molecule has 2 rings (SSSR count). The third-order valence-corrected chi connectivity index (χ3v) is 3.58. The lowest BCUT2D eigenvalue weighted by molar-refractivity contribution is 0.223. The van der Waals surface area contributed by atoms with Gasteiger partial charge in [0.15, 0.2) is 0 Å². The molecule has 4 heteroatoms. The molecule has 1 N–H and O–H groups in total. The molecule has 0 aliphatic heterocycles. The Labute approximate surface area is 119 Å². The van der Waals surface area contributed by atoms with E-state index in [4.69, 9.17) is 0 Å². The Morgan fingerprint density at radius 1 is 1.25 bits per heavy atom. The van der Waals surface area contributed by atoms with E-state index in [2.05, 4.69) is 18.1 Å². The fourth-order valence-corrected chi connectivity index (χ4v) is 2.39. The van der Waals surface area contributed by atoms with Gasteiger partial charge in [0.1, 0.15) is 5.82 Å². The van der Waals surface area contributed by atoms with E-state index in [9.17, 15) is 9.50 Å². The normalized spacial score (nSPS) is 12.6. The van der Waals surface area contributed by atoms with Gasteiger partial charge in [-0.1, -0.05) is 19.1 Å². The molecule has 1 atom stereocenters. The van der Waals surface area contributed by atoms with E-state index in [1.165, 1.54) is 12.1 Å². The molecule has 1 heterocycles. The van der Waals surface area contributed by atoms with Crippen LogP contribution < -0.4 is 0 Å². The Balaban J connectivity index is 2.04. The van der Waals surface area contributed by atoms with Crippen LogP contribution in [0.1, 0.15) is 23.9 Å². The van der Waals surface area contributed by atoms with Crippen LogP contribution in [-0.4, -0.2) is 21.5 Å². The van der Waals surface area contributed by atoms with Gasteiger partial charge < -0.3 is 5.11 Å². The highest BCUT2D eigenvalue weighted by atomic mass is 19.1. The van der Waals surface area contributed by atoms with Crippen LogP contribution in [0.2, 0.25) is 0 Å². The van der Waals surface area contributed by atoms with Crippen LogP contribution in [0.5, 0.6) is 0 Å². The van der Waals surface area contributed by atoms with Crippen molar-refractivity contribution >= 4 is 0 Å². The van der Waals surface area contributed by atoms with Crippen molar-refractivity contribution in [1.29, 1.82) is 0 Å². The van der Waals surface area contributed by atoms with E-state index >= 15 is 0 Å². The number of aryl methyl sites for hydroxylation is 2. The van der Waals surface area contributed by atoms with Crippen LogP contribution in [0.4, 0.5) is 4.39 Å². The van der Waals surface area contributed by atoms with Crippen LogP contribution in [0.3, 0.4) is 0 Å². The molecule has 1 aromatic heterocycles. The molecule has 0 aliphatic rings. The van der Waals surface area contributed by atoms with Crippen molar-refractivity contribution in [2.24, 2.45) is 13.0 Å². The Morgan fingerprint density at radius 2 is 1.95 bits per heavy atom. The monoisotopic (exact) mass is 276 g/mol. The number of hydrogen-bond acceptors (Lipinski definition) is 2. The Morgan fingerprint density at radius 3 is 2.50 bits per heavy atom. The molecular weight excluding hydrogens is 255 g/mol. The molecule has 0 fully saturated rings. The third-order valence-electron chi connectivity index (χ3n) is 3.58. The average molecular weight is 276 g/mol. The van der Waals surface area contributed by atoms with Gasteiger partial charge in [-0.3, -0.25) is 4.68 Å². The maximum atomic E-state index is 12.9. The molecule has 108 valence electrons. The van der Waals surface area contributed by atoms with Gasteiger partial charge in [0.2, 0.25) is 0 Å². The second-order valence-electron chi connectivity index (χ2n) is 5.19. The zero-order valence-electron chi connectivity index (χ0n) is 12.0. The number of nitrogens with zero attached hydrogens (tertiary/aromatic N) is 2. The van der Waals surface area contributed by atoms with Gasteiger partial charge in [-0.15, -0.1) is 0 Å². The first kappa shape index (κ1) is 14.7. The second-order valence-corrected chi connectivity index (χ2v) is 5.19. The summed E-state index contributed by atoms with van der Waals surface area (Å²) < 4.78 is 14.8. The van der Waals surface area contributed by atoms with E-state index < -0.39 is 0 Å². The molecule has 2 aromatic rings. The van der Waals surface area contributed by atoms with E-state index in [1.807, 2.05) is 11.7 Å². The highest BCUT2D eigenvalue weighted by molar-refractivity contribution is 5.18. The molecule has 0 radical (unpaired) electrons. The minimum Gasteiger partial charge on any atom is -0.396 e. The zero-order chi connectivity index (χ0) is 14.5. The lowest BCUT2D eigenvalue weighted by Gasteiger charge is -2.14. The first-order chi connectivity index (χ1) is 9.62. The SMILES string of the molecule is CCc1cc(CC(CO)Cc2ccc(F)cc2)n(C)n1. The van der Waals surface area contributed by atoms with E-state index in [0.717, 1.165) is 36.2 Å². The van der Waals surface area contributed by atoms with Crippen molar-refractivity contribution in [3.63, 3.8) is 0 Å². The van der Waals surface area contributed by atoms with Gasteiger partial charge in [-0.05, 0) is 48.9 Å². The molecule has 0 bridgehead atoms. The number of aliphatic hydroxyl groups excluding tert-OH is 1. The smallest absolute Gasteiger partial charge is 0.123 e. The number of benzene rings is 1. The Kier molecular flexibility index (Phi) is 4.90. The average Bonchev–Trinajstić information content (AvgIpc) is 2.81. The maximum Gasteiger partial charge on any atom is 0.123 e. The minimum atomic E-state index is -0.228. The topological polar surface area (TPSA) is 38.0 Å². The Bertz CT molecular complexity index is 548. The minimum absolute atomic E-state index is 0.115. The first-order valence-corrected chi connectivity index (χ1v) is 6.99. The summed E-state index contributed by atoms with van der Waals surface area (Å²) in [5, 5.41) is 14.0. The molecular formula is C16H21FN2O. The highest BCUT2D eigenvalue weighted by Gasteiger charge is 2.13. The molecule has 20 heavy (non-hydrogen) atoms. The van der Waals surface area contributed by atoms with Crippen LogP contribution in [0.15, 0.2) is 30.3 Å². The van der Waals surface area contributed by atoms with E-state index in [0.29, 0.717) is 0 Å². The summed E-state index contributed by atoms with van der Waals surface area (Å²) in [5.41, 5.74) is 3.24. The molecule has 0 spiro atoms. The number of rotatable bonds is 6. The predicted octanol–water partition coefficient (Wildman–Crippen LogP) is 2.52. The summed E-state index contributed by atoms with van der Waals surface area (Å²) in [6, 6.07) is 8.57. The van der Waals surface area contributed by atoms with Crippen molar-refractivity contribution in [2.45, 2.75) is 26.2 Å². The summed E-state index contributed by atoms with van der Waals surface area (Å²) in [4.78, 5) is 0. The Hall–Kier alpha value is -1.68. The zero-order valence-corrected chi connectivity index (χ0v) is 12.0. The van der Waals surface area contributed by atoms with Crippen molar-refractivity contribution in [3.05, 3.63) is 53.1 Å². The largest absolute Gasteiger partial charge is 0.396 e. The van der Waals surface area contributed by atoms with E-state index in [1.54, 1.807) is 12.1 Å². The van der Waals surface area contributed by atoms with Gasteiger partial charge in [0.25, 0.3) is 0 Å². The first-order valence-electron chi connectivity index (χ1n) is 6.99. The van der Waals surface area contributed by atoms with Gasteiger partial charge in [-0.2, -0.15) is 5.10 Å². The van der Waals surface area contributed by atoms with E-state index in [-0.39, 0.29) is 18.3 Å². The predicted molar refractivity (Wildman–Crippen MR) is 77.0 cm³/mol. The van der Waals surface area contributed by atoms with Gasteiger partial charge in [0, 0.05) is 19.3 Å². The van der Waals surface area contributed by atoms with Gasteiger partial charge in [0.05, 0.1) is 5.69 Å². The maximum absolute atomic E-state index is 12.9. The molecule has 0 saturated carbocycles. The number of aliphatic hydroxyl groups is 1. The molecule has 0 aliphatic carbocycles. The quantitative estimate of drug-likeness (QED) is 0.880. The van der Waals surface area contributed by atoms with Crippen LogP contribution in [0.25, 0.3) is 0 Å². The summed E-state index contributed by atoms with van der Waals surface area (Å²) in [7, 11) is 1.93. The fraction of sp³-hybridized carbons (Fsp3) is 0.438. The standard InChI is InChI=1S/C16H21FN2O/c1-3-15-10-16(19(2)18-15)9-13(11-20)8-12-4-6-14(17)7-5-12/h4-7,10,13,20H,3,8-9,11H2,1-2H3. The van der Waals surface area contributed by atoms with Crippen LogP contribution in [0, 0.1) is 11.7 Å². The molecule has 3 nitrogen and oxygen atoms in total. The summed E-state index contributed by atoms with van der Waals surface area (Å²) >= 11 is 0. The molecule has 1 unspecified atom stereocenters. The highest BCUT2D eigenvalue weighted by Crippen LogP contribution is 2.16. The van der Waals surface area contributed by atoms with Gasteiger partial charge >= 0.3 is 0 Å². The van der Waals surface area contributed by atoms with Crippen molar-refractivity contribution < 1.29 is 9.50 Å². The third kappa shape index (κ3) is 3.67. The van der Waals surface area contributed by atoms with Crippen molar-refractivity contribution in [2.75, 3.05) is 6.61 Å². The summed E-state index contributed by atoms with van der Waals surface area (Å²) in [5.74, 6) is -0.103. The van der Waals surface area contributed by atoms with Crippen LogP contribution >= 0.6 is 0 Å². The fourth-order valence-electron chi connectivity index (χ4n) is 2.39. The van der Waals surface area contributed by atoms with Crippen molar-refractivity contribution in [1.82, 2.24) is 9.78 Å².